The summed E-state index contributed by atoms with van der Waals surface area (Å²) in [6, 6.07) is 2.11. The molecule has 3 nitrogen and oxygen atoms in total. The first-order valence-electron chi connectivity index (χ1n) is 4.05. The van der Waals surface area contributed by atoms with Gasteiger partial charge in [-0.3, -0.25) is 0 Å². The Balaban J connectivity index is 2.08. The van der Waals surface area contributed by atoms with Gasteiger partial charge in [-0.25, -0.2) is 4.98 Å². The van der Waals surface area contributed by atoms with Gasteiger partial charge in [-0.15, -0.1) is 0 Å². The molecule has 0 aromatic carbocycles. The Morgan fingerprint density at radius 1 is 1.57 bits per heavy atom. The molecule has 2 aromatic heterocycles. The summed E-state index contributed by atoms with van der Waals surface area (Å²) in [5.41, 5.74) is 7.00. The van der Waals surface area contributed by atoms with Crippen LogP contribution in [0.3, 0.4) is 0 Å². The first-order chi connectivity index (χ1) is 6.90. The van der Waals surface area contributed by atoms with Crippen molar-refractivity contribution in [3.8, 4) is 0 Å². The van der Waals surface area contributed by atoms with Gasteiger partial charge in [0.15, 0.2) is 4.34 Å². The average Bonchev–Trinajstić information content (AvgIpc) is 2.86. The third-order valence-electron chi connectivity index (χ3n) is 1.71. The third-order valence-corrected chi connectivity index (χ3v) is 4.44. The van der Waals surface area contributed by atoms with E-state index in [0.717, 1.165) is 4.34 Å². The third kappa shape index (κ3) is 2.33. The highest BCUT2D eigenvalue weighted by molar-refractivity contribution is 8.01. The van der Waals surface area contributed by atoms with E-state index in [9.17, 15) is 0 Å². The highest BCUT2D eigenvalue weighted by Gasteiger charge is 2.13. The van der Waals surface area contributed by atoms with Gasteiger partial charge < -0.3 is 5.73 Å². The quantitative estimate of drug-likeness (QED) is 0.838. The molecule has 0 aliphatic carbocycles. The monoisotopic (exact) mass is 243 g/mol. The molecule has 0 amide bonds. The zero-order chi connectivity index (χ0) is 9.80. The van der Waals surface area contributed by atoms with Crippen LogP contribution < -0.4 is 5.73 Å². The number of nitrogens with zero attached hydrogens (tertiary/aromatic N) is 2. The molecule has 2 N–H and O–H groups in total. The summed E-state index contributed by atoms with van der Waals surface area (Å²) < 4.78 is 4.94. The van der Waals surface area contributed by atoms with Crippen LogP contribution in [-0.4, -0.2) is 15.9 Å². The van der Waals surface area contributed by atoms with Gasteiger partial charge in [0.05, 0.1) is 0 Å². The van der Waals surface area contributed by atoms with Crippen molar-refractivity contribution >= 4 is 34.6 Å². The van der Waals surface area contributed by atoms with Gasteiger partial charge in [0.2, 0.25) is 0 Å². The highest BCUT2D eigenvalue weighted by Crippen LogP contribution is 2.35. The van der Waals surface area contributed by atoms with Crippen molar-refractivity contribution in [2.45, 2.75) is 9.59 Å². The Kier molecular flexibility index (Phi) is 3.52. The zero-order valence-electron chi connectivity index (χ0n) is 7.29. The molecule has 0 saturated heterocycles. The summed E-state index contributed by atoms with van der Waals surface area (Å²) in [6.45, 7) is 0.626. The van der Waals surface area contributed by atoms with Crippen LogP contribution in [0.2, 0.25) is 0 Å². The topological polar surface area (TPSA) is 51.8 Å². The van der Waals surface area contributed by atoms with E-state index in [1.165, 1.54) is 17.1 Å². The van der Waals surface area contributed by atoms with E-state index >= 15 is 0 Å². The van der Waals surface area contributed by atoms with Crippen molar-refractivity contribution in [1.29, 1.82) is 0 Å². The van der Waals surface area contributed by atoms with Crippen LogP contribution in [0.15, 0.2) is 27.5 Å². The first-order valence-corrected chi connectivity index (χ1v) is 6.65. The Hall–Kier alpha value is -0.430. The summed E-state index contributed by atoms with van der Waals surface area (Å²) in [4.78, 5) is 4.13. The minimum Gasteiger partial charge on any atom is -0.329 e. The van der Waals surface area contributed by atoms with Gasteiger partial charge in [-0.05, 0) is 33.9 Å². The van der Waals surface area contributed by atoms with Gasteiger partial charge in [-0.2, -0.15) is 15.7 Å². The number of hydrogen-bond acceptors (Lipinski definition) is 6. The van der Waals surface area contributed by atoms with Crippen LogP contribution in [0.4, 0.5) is 0 Å². The summed E-state index contributed by atoms with van der Waals surface area (Å²) in [6.07, 6.45) is 1.58. The fourth-order valence-electron chi connectivity index (χ4n) is 1.05. The number of thioether (sulfide) groups is 1. The molecule has 0 aliphatic rings. The second kappa shape index (κ2) is 4.88. The predicted molar refractivity (Wildman–Crippen MR) is 61.9 cm³/mol. The molecular formula is C8H9N3S3. The van der Waals surface area contributed by atoms with Gasteiger partial charge in [0.1, 0.15) is 6.33 Å². The number of thiophene rings is 1. The van der Waals surface area contributed by atoms with Crippen molar-refractivity contribution in [1.82, 2.24) is 9.36 Å². The fourth-order valence-corrected chi connectivity index (χ4v) is 3.51. The molecule has 1 unspecified atom stereocenters. The Morgan fingerprint density at radius 3 is 3.07 bits per heavy atom. The summed E-state index contributed by atoms with van der Waals surface area (Å²) in [5.74, 6) is 0. The number of rotatable bonds is 4. The molecule has 2 rings (SSSR count). The summed E-state index contributed by atoms with van der Waals surface area (Å²) in [5, 5.41) is 4.50. The summed E-state index contributed by atoms with van der Waals surface area (Å²) in [7, 11) is 0. The number of hydrogen-bond donors (Lipinski definition) is 1. The van der Waals surface area contributed by atoms with E-state index in [-0.39, 0.29) is 0 Å². The lowest BCUT2D eigenvalue weighted by atomic mass is 10.2. The fraction of sp³-hybridized carbons (Fsp3) is 0.250. The maximum absolute atomic E-state index is 5.72. The molecule has 0 spiro atoms. The van der Waals surface area contributed by atoms with E-state index < -0.39 is 0 Å². The minimum absolute atomic E-state index is 0.300. The summed E-state index contributed by atoms with van der Waals surface area (Å²) >= 11 is 4.79. The molecular weight excluding hydrogens is 234 g/mol. The normalized spacial score (nSPS) is 12.9. The lowest BCUT2D eigenvalue weighted by Crippen LogP contribution is -2.08. The predicted octanol–water partition coefficient (Wildman–Crippen LogP) is 2.39. The number of nitrogens with two attached hydrogens (primary N) is 1. The first kappa shape index (κ1) is 10.1. The van der Waals surface area contributed by atoms with E-state index in [2.05, 4.69) is 26.2 Å². The average molecular weight is 243 g/mol. The van der Waals surface area contributed by atoms with E-state index in [1.807, 2.05) is 0 Å². The van der Waals surface area contributed by atoms with E-state index in [4.69, 9.17) is 5.73 Å². The molecule has 6 heteroatoms. The molecule has 0 bridgehead atoms. The molecule has 0 saturated carbocycles. The lowest BCUT2D eigenvalue weighted by molar-refractivity contribution is 0.944. The zero-order valence-corrected chi connectivity index (χ0v) is 9.74. The van der Waals surface area contributed by atoms with Crippen LogP contribution in [0.1, 0.15) is 10.8 Å². The smallest absolute Gasteiger partial charge is 0.170 e. The standard InChI is InChI=1S/C8H9N3S3/c9-3-7(6-1-2-12-4-6)13-8-10-5-11-14-8/h1-2,4-5,7H,3,9H2. The molecule has 14 heavy (non-hydrogen) atoms. The second-order valence-corrected chi connectivity index (χ2v) is 5.62. The Morgan fingerprint density at radius 2 is 2.50 bits per heavy atom. The highest BCUT2D eigenvalue weighted by atomic mass is 32.2. The van der Waals surface area contributed by atoms with E-state index in [1.54, 1.807) is 29.4 Å². The number of aromatic nitrogens is 2. The maximum atomic E-state index is 5.72. The Bertz CT molecular complexity index is 357. The van der Waals surface area contributed by atoms with Crippen molar-refractivity contribution in [3.05, 3.63) is 28.7 Å². The molecule has 0 fully saturated rings. The second-order valence-electron chi connectivity index (χ2n) is 2.61. The maximum Gasteiger partial charge on any atom is 0.170 e. The van der Waals surface area contributed by atoms with Gasteiger partial charge in [-0.1, -0.05) is 11.8 Å². The minimum atomic E-state index is 0.300. The van der Waals surface area contributed by atoms with Crippen LogP contribution in [0, 0.1) is 0 Å². The van der Waals surface area contributed by atoms with Crippen LogP contribution >= 0.6 is 34.6 Å². The van der Waals surface area contributed by atoms with Crippen LogP contribution in [0.5, 0.6) is 0 Å². The lowest BCUT2D eigenvalue weighted by Gasteiger charge is -2.09. The molecule has 2 aromatic rings. The van der Waals surface area contributed by atoms with Crippen molar-refractivity contribution in [3.63, 3.8) is 0 Å². The van der Waals surface area contributed by atoms with Crippen molar-refractivity contribution in [2.75, 3.05) is 6.54 Å². The van der Waals surface area contributed by atoms with Gasteiger partial charge >= 0.3 is 0 Å². The van der Waals surface area contributed by atoms with Crippen LogP contribution in [0.25, 0.3) is 0 Å². The van der Waals surface area contributed by atoms with Crippen molar-refractivity contribution < 1.29 is 0 Å². The molecule has 0 radical (unpaired) electrons. The SMILES string of the molecule is NCC(Sc1ncns1)c1ccsc1. The molecule has 0 aliphatic heterocycles. The van der Waals surface area contributed by atoms with Crippen molar-refractivity contribution in [2.24, 2.45) is 5.73 Å². The van der Waals surface area contributed by atoms with E-state index in [0.29, 0.717) is 11.8 Å². The molecule has 1 atom stereocenters. The largest absolute Gasteiger partial charge is 0.329 e. The molecule has 74 valence electrons. The van der Waals surface area contributed by atoms with Gasteiger partial charge in [0.25, 0.3) is 0 Å². The van der Waals surface area contributed by atoms with Gasteiger partial charge in [0, 0.05) is 11.8 Å². The Labute approximate surface area is 94.5 Å². The molecule has 2 heterocycles. The van der Waals surface area contributed by atoms with Crippen LogP contribution in [-0.2, 0) is 0 Å².